The van der Waals surface area contributed by atoms with Crippen molar-refractivity contribution in [2.45, 2.75) is 44.8 Å². The second-order valence-corrected chi connectivity index (χ2v) is 8.77. The highest BCUT2D eigenvalue weighted by atomic mass is 35.5. The molecule has 1 saturated carbocycles. The molecule has 0 spiro atoms. The summed E-state index contributed by atoms with van der Waals surface area (Å²) in [5.74, 6) is -0.541. The predicted octanol–water partition coefficient (Wildman–Crippen LogP) is 5.07. The Morgan fingerprint density at radius 3 is 2.31 bits per heavy atom. The predicted molar refractivity (Wildman–Crippen MR) is 120 cm³/mol. The summed E-state index contributed by atoms with van der Waals surface area (Å²) in [7, 11) is 3.82. The highest BCUT2D eigenvalue weighted by Crippen LogP contribution is 2.31. The number of carbonyl (C=O) groups excluding carboxylic acids is 1. The molecule has 1 aliphatic carbocycles. The normalized spacial score (nSPS) is 18.8. The lowest BCUT2D eigenvalue weighted by atomic mass is 9.85. The lowest BCUT2D eigenvalue weighted by Crippen LogP contribution is -2.44. The molecule has 3 rings (SSSR count). The molecular formula is C22H27ClF3N5O. The molecule has 1 aromatic heterocycles. The van der Waals surface area contributed by atoms with Crippen molar-refractivity contribution < 1.29 is 18.0 Å². The number of alkyl halides is 3. The van der Waals surface area contributed by atoms with Crippen LogP contribution in [-0.2, 0) is 4.79 Å². The molecule has 0 atom stereocenters. The van der Waals surface area contributed by atoms with Crippen molar-refractivity contribution in [2.24, 2.45) is 5.92 Å². The maximum absolute atomic E-state index is 13.2. The highest BCUT2D eigenvalue weighted by molar-refractivity contribution is 6.30. The van der Waals surface area contributed by atoms with Gasteiger partial charge in [-0.15, -0.1) is 0 Å². The minimum absolute atomic E-state index is 0.0123. The first-order chi connectivity index (χ1) is 15.0. The average molecular weight is 470 g/mol. The maximum Gasteiger partial charge on any atom is 0.471 e. The van der Waals surface area contributed by atoms with Crippen LogP contribution >= 0.6 is 11.6 Å². The van der Waals surface area contributed by atoms with Crippen molar-refractivity contribution in [3.63, 3.8) is 0 Å². The van der Waals surface area contributed by atoms with Crippen LogP contribution in [0.1, 0.15) is 31.4 Å². The van der Waals surface area contributed by atoms with E-state index < -0.39 is 12.1 Å². The van der Waals surface area contributed by atoms with Gasteiger partial charge in [-0.1, -0.05) is 11.6 Å². The summed E-state index contributed by atoms with van der Waals surface area (Å²) in [6, 6.07) is 7.87. The summed E-state index contributed by atoms with van der Waals surface area (Å²) in [5.41, 5.74) is 1.05. The molecule has 0 saturated heterocycles. The fourth-order valence-corrected chi connectivity index (χ4v) is 3.98. The number of aryl methyl sites for hydroxylation is 1. The standard InChI is InChI=1S/C22H27ClF3N5O/c1-14-12-19(30(2)3)29-21(27-14)28-17-8-4-15(5-9-17)13-31(20(32)22(24,25)26)18-10-6-16(23)7-11-18/h6-7,10-12,15,17H,4-5,8-9,13H2,1-3H3,(H,27,28,29). The SMILES string of the molecule is Cc1cc(N(C)C)nc(NC2CCC(CN(C(=O)C(F)(F)F)c3ccc(Cl)cc3)CC2)n1. The minimum atomic E-state index is -4.94. The summed E-state index contributed by atoms with van der Waals surface area (Å²) in [4.78, 5) is 23.8. The van der Waals surface area contributed by atoms with E-state index in [2.05, 4.69) is 15.3 Å². The van der Waals surface area contributed by atoms with Gasteiger partial charge >= 0.3 is 12.1 Å². The van der Waals surface area contributed by atoms with Crippen LogP contribution in [0.25, 0.3) is 0 Å². The zero-order valence-electron chi connectivity index (χ0n) is 18.3. The Morgan fingerprint density at radius 2 is 1.75 bits per heavy atom. The van der Waals surface area contributed by atoms with Crippen LogP contribution in [0.2, 0.25) is 5.02 Å². The van der Waals surface area contributed by atoms with Gasteiger partial charge in [-0.25, -0.2) is 4.98 Å². The van der Waals surface area contributed by atoms with Gasteiger partial charge in [0.1, 0.15) is 5.82 Å². The number of aromatic nitrogens is 2. The van der Waals surface area contributed by atoms with E-state index in [0.717, 1.165) is 29.3 Å². The molecule has 6 nitrogen and oxygen atoms in total. The molecule has 1 aromatic carbocycles. The van der Waals surface area contributed by atoms with Crippen LogP contribution in [0.5, 0.6) is 0 Å². The Labute approximate surface area is 190 Å². The van der Waals surface area contributed by atoms with Crippen molar-refractivity contribution in [1.82, 2.24) is 9.97 Å². The van der Waals surface area contributed by atoms with Crippen molar-refractivity contribution in [3.05, 3.63) is 41.0 Å². The number of amides is 1. The van der Waals surface area contributed by atoms with Gasteiger partial charge in [-0.05, 0) is 62.8 Å². The third-order valence-electron chi connectivity index (χ3n) is 5.55. The van der Waals surface area contributed by atoms with E-state index in [-0.39, 0.29) is 24.2 Å². The van der Waals surface area contributed by atoms with Crippen LogP contribution in [-0.4, -0.2) is 48.7 Å². The fraction of sp³-hybridized carbons (Fsp3) is 0.500. The van der Waals surface area contributed by atoms with E-state index in [1.165, 1.54) is 24.3 Å². The van der Waals surface area contributed by atoms with E-state index in [0.29, 0.717) is 23.8 Å². The molecule has 1 amide bonds. The second kappa shape index (κ2) is 9.94. The monoisotopic (exact) mass is 469 g/mol. The van der Waals surface area contributed by atoms with E-state index in [1.54, 1.807) is 0 Å². The Bertz CT molecular complexity index is 928. The number of nitrogens with one attached hydrogen (secondary N) is 1. The zero-order valence-corrected chi connectivity index (χ0v) is 19.0. The van der Waals surface area contributed by atoms with Crippen molar-refractivity contribution in [1.29, 1.82) is 0 Å². The number of nitrogens with zero attached hydrogens (tertiary/aromatic N) is 4. The number of hydrogen-bond donors (Lipinski definition) is 1. The van der Waals surface area contributed by atoms with Gasteiger partial charge in [0.25, 0.3) is 0 Å². The highest BCUT2D eigenvalue weighted by Gasteiger charge is 2.43. The molecular weight excluding hydrogens is 443 g/mol. The molecule has 174 valence electrons. The average Bonchev–Trinajstić information content (AvgIpc) is 2.72. The molecule has 0 unspecified atom stereocenters. The van der Waals surface area contributed by atoms with E-state index in [1.807, 2.05) is 32.0 Å². The molecule has 1 aliphatic rings. The van der Waals surface area contributed by atoms with E-state index in [9.17, 15) is 18.0 Å². The van der Waals surface area contributed by atoms with Gasteiger partial charge in [-0.3, -0.25) is 4.79 Å². The van der Waals surface area contributed by atoms with Crippen molar-refractivity contribution >= 4 is 35.0 Å². The topological polar surface area (TPSA) is 61.4 Å². The summed E-state index contributed by atoms with van der Waals surface area (Å²) < 4.78 is 39.6. The number of hydrogen-bond acceptors (Lipinski definition) is 5. The minimum Gasteiger partial charge on any atom is -0.363 e. The molecule has 0 aliphatic heterocycles. The van der Waals surface area contributed by atoms with E-state index in [4.69, 9.17) is 11.6 Å². The van der Waals surface area contributed by atoms with Crippen LogP contribution < -0.4 is 15.1 Å². The van der Waals surface area contributed by atoms with Crippen LogP contribution in [0.15, 0.2) is 30.3 Å². The molecule has 2 aromatic rings. The first-order valence-corrected chi connectivity index (χ1v) is 10.8. The van der Waals surface area contributed by atoms with Crippen LogP contribution in [0.3, 0.4) is 0 Å². The summed E-state index contributed by atoms with van der Waals surface area (Å²) in [6.45, 7) is 1.91. The van der Waals surface area contributed by atoms with Gasteiger partial charge in [-0.2, -0.15) is 18.2 Å². The van der Waals surface area contributed by atoms with Crippen molar-refractivity contribution in [2.75, 3.05) is 35.8 Å². The number of carbonyl (C=O) groups is 1. The molecule has 0 radical (unpaired) electrons. The third-order valence-corrected chi connectivity index (χ3v) is 5.80. The Kier molecular flexibility index (Phi) is 7.48. The maximum atomic E-state index is 13.2. The van der Waals surface area contributed by atoms with Gasteiger partial charge < -0.3 is 15.1 Å². The number of benzene rings is 1. The first kappa shape index (κ1) is 24.1. The van der Waals surface area contributed by atoms with Crippen LogP contribution in [0.4, 0.5) is 30.6 Å². The summed E-state index contributed by atoms with van der Waals surface area (Å²) >= 11 is 5.85. The second-order valence-electron chi connectivity index (χ2n) is 8.34. The lowest BCUT2D eigenvalue weighted by molar-refractivity contribution is -0.170. The Balaban J connectivity index is 1.64. The quantitative estimate of drug-likeness (QED) is 0.640. The molecule has 1 heterocycles. The molecule has 32 heavy (non-hydrogen) atoms. The summed E-state index contributed by atoms with van der Waals surface area (Å²) in [5, 5.41) is 3.75. The largest absolute Gasteiger partial charge is 0.471 e. The van der Waals surface area contributed by atoms with Gasteiger partial charge in [0, 0.05) is 49.2 Å². The molecule has 0 bridgehead atoms. The first-order valence-electron chi connectivity index (χ1n) is 10.5. The number of rotatable bonds is 6. The van der Waals surface area contributed by atoms with E-state index >= 15 is 0 Å². The van der Waals surface area contributed by atoms with Crippen molar-refractivity contribution in [3.8, 4) is 0 Å². The molecule has 1 N–H and O–H groups in total. The Hall–Kier alpha value is -2.55. The number of halogens is 4. The number of anilines is 3. The van der Waals surface area contributed by atoms with Gasteiger partial charge in [0.05, 0.1) is 0 Å². The molecule has 1 fully saturated rings. The third kappa shape index (κ3) is 6.25. The smallest absolute Gasteiger partial charge is 0.363 e. The summed E-state index contributed by atoms with van der Waals surface area (Å²) in [6.07, 6.45) is -2.04. The zero-order chi connectivity index (χ0) is 23.5. The Morgan fingerprint density at radius 1 is 1.12 bits per heavy atom. The van der Waals surface area contributed by atoms with Crippen LogP contribution in [0, 0.1) is 12.8 Å². The molecule has 10 heteroatoms. The van der Waals surface area contributed by atoms with Gasteiger partial charge in [0.2, 0.25) is 5.95 Å². The lowest BCUT2D eigenvalue weighted by Gasteiger charge is -2.33. The fourth-order valence-electron chi connectivity index (χ4n) is 3.86. The van der Waals surface area contributed by atoms with Gasteiger partial charge in [0.15, 0.2) is 0 Å².